The molecule has 0 atom stereocenters. The van der Waals surface area contributed by atoms with Crippen molar-refractivity contribution in [2.24, 2.45) is 0 Å². The Labute approximate surface area is 123 Å². The van der Waals surface area contributed by atoms with Crippen LogP contribution in [0.25, 0.3) is 0 Å². The van der Waals surface area contributed by atoms with E-state index in [-0.39, 0.29) is 5.60 Å². The quantitative estimate of drug-likeness (QED) is 0.754. The molecule has 0 aromatic heterocycles. The Hall–Kier alpha value is -1.23. The van der Waals surface area contributed by atoms with Crippen molar-refractivity contribution in [2.45, 2.75) is 50.8 Å². The third-order valence-corrected chi connectivity index (χ3v) is 3.94. The van der Waals surface area contributed by atoms with Crippen LogP contribution in [-0.4, -0.2) is 18.7 Å². The van der Waals surface area contributed by atoms with E-state index >= 15 is 0 Å². The monoisotopic (exact) mass is 301 g/mol. The average molecular weight is 301 g/mol. The van der Waals surface area contributed by atoms with Crippen molar-refractivity contribution < 1.29 is 17.9 Å². The van der Waals surface area contributed by atoms with Crippen molar-refractivity contribution in [3.8, 4) is 5.75 Å². The molecule has 1 N–H and O–H groups in total. The fourth-order valence-corrected chi connectivity index (χ4v) is 2.58. The smallest absolute Gasteiger partial charge is 0.416 e. The van der Waals surface area contributed by atoms with E-state index in [0.717, 1.165) is 57.3 Å². The fourth-order valence-electron chi connectivity index (χ4n) is 2.58. The van der Waals surface area contributed by atoms with Crippen LogP contribution in [0.4, 0.5) is 13.2 Å². The first-order valence-corrected chi connectivity index (χ1v) is 7.52. The molecule has 0 aliphatic heterocycles. The topological polar surface area (TPSA) is 21.3 Å². The van der Waals surface area contributed by atoms with Gasteiger partial charge >= 0.3 is 6.18 Å². The normalized spacial score (nSPS) is 17.3. The summed E-state index contributed by atoms with van der Waals surface area (Å²) in [5.74, 6) is 0.319. The molecule has 2 rings (SSSR count). The van der Waals surface area contributed by atoms with E-state index in [2.05, 4.69) is 12.2 Å². The third kappa shape index (κ3) is 4.37. The first kappa shape index (κ1) is 16.1. The van der Waals surface area contributed by atoms with Crippen LogP contribution in [0.2, 0.25) is 0 Å². The predicted molar refractivity (Wildman–Crippen MR) is 76.4 cm³/mol. The van der Waals surface area contributed by atoms with E-state index in [9.17, 15) is 13.2 Å². The maximum absolute atomic E-state index is 12.7. The molecular formula is C16H22F3NO. The summed E-state index contributed by atoms with van der Waals surface area (Å²) in [6, 6.07) is 5.18. The van der Waals surface area contributed by atoms with Gasteiger partial charge in [0.15, 0.2) is 0 Å². The molecule has 1 aliphatic carbocycles. The molecular weight excluding hydrogens is 279 g/mol. The molecule has 0 saturated heterocycles. The molecule has 2 nitrogen and oxygen atoms in total. The maximum Gasteiger partial charge on any atom is 0.416 e. The number of nitrogens with one attached hydrogen (secondary N) is 1. The van der Waals surface area contributed by atoms with Crippen LogP contribution in [0.3, 0.4) is 0 Å². The van der Waals surface area contributed by atoms with Crippen LogP contribution in [0.5, 0.6) is 5.75 Å². The lowest BCUT2D eigenvalue weighted by atomic mass is 9.77. The molecule has 21 heavy (non-hydrogen) atoms. The summed E-state index contributed by atoms with van der Waals surface area (Å²) < 4.78 is 44.1. The van der Waals surface area contributed by atoms with E-state index in [1.807, 2.05) is 0 Å². The second-order valence-electron chi connectivity index (χ2n) is 5.66. The van der Waals surface area contributed by atoms with Crippen molar-refractivity contribution in [3.05, 3.63) is 29.8 Å². The number of hydrogen-bond acceptors (Lipinski definition) is 2. The van der Waals surface area contributed by atoms with Gasteiger partial charge in [0.05, 0.1) is 5.56 Å². The van der Waals surface area contributed by atoms with Gasteiger partial charge in [-0.1, -0.05) is 13.0 Å². The van der Waals surface area contributed by atoms with Crippen molar-refractivity contribution in [2.75, 3.05) is 13.1 Å². The summed E-state index contributed by atoms with van der Waals surface area (Å²) in [5, 5.41) is 3.32. The lowest BCUT2D eigenvalue weighted by Gasteiger charge is -2.42. The number of benzene rings is 1. The van der Waals surface area contributed by atoms with E-state index in [1.54, 1.807) is 6.07 Å². The van der Waals surface area contributed by atoms with Crippen LogP contribution < -0.4 is 10.1 Å². The highest BCUT2D eigenvalue weighted by molar-refractivity contribution is 5.31. The first-order valence-electron chi connectivity index (χ1n) is 7.52. The third-order valence-electron chi connectivity index (χ3n) is 3.94. The SMILES string of the molecule is CCCNCCC1(Oc2cccc(C(F)(F)F)c2)CCC1. The highest BCUT2D eigenvalue weighted by atomic mass is 19.4. The van der Waals surface area contributed by atoms with Gasteiger partial charge in [-0.3, -0.25) is 0 Å². The van der Waals surface area contributed by atoms with E-state index < -0.39 is 11.7 Å². The van der Waals surface area contributed by atoms with Crippen LogP contribution in [0, 0.1) is 0 Å². The molecule has 1 saturated carbocycles. The maximum atomic E-state index is 12.7. The highest BCUT2D eigenvalue weighted by Gasteiger charge is 2.39. The lowest BCUT2D eigenvalue weighted by molar-refractivity contribution is -0.137. The number of halogens is 3. The van der Waals surface area contributed by atoms with Gasteiger partial charge in [0.1, 0.15) is 11.4 Å². The van der Waals surface area contributed by atoms with E-state index in [1.165, 1.54) is 6.07 Å². The van der Waals surface area contributed by atoms with E-state index in [0.29, 0.717) is 5.75 Å². The largest absolute Gasteiger partial charge is 0.487 e. The molecule has 0 radical (unpaired) electrons. The molecule has 1 aromatic carbocycles. The van der Waals surface area contributed by atoms with Gasteiger partial charge in [0, 0.05) is 0 Å². The molecule has 0 unspecified atom stereocenters. The summed E-state index contributed by atoms with van der Waals surface area (Å²) >= 11 is 0. The zero-order valence-corrected chi connectivity index (χ0v) is 12.3. The van der Waals surface area contributed by atoms with Gasteiger partial charge in [-0.25, -0.2) is 0 Å². The van der Waals surface area contributed by atoms with Crippen molar-refractivity contribution in [1.29, 1.82) is 0 Å². The lowest BCUT2D eigenvalue weighted by Crippen LogP contribution is -2.45. The van der Waals surface area contributed by atoms with Crippen LogP contribution >= 0.6 is 0 Å². The van der Waals surface area contributed by atoms with Crippen molar-refractivity contribution >= 4 is 0 Å². The summed E-state index contributed by atoms with van der Waals surface area (Å²) in [6.07, 6.45) is 0.487. The summed E-state index contributed by atoms with van der Waals surface area (Å²) in [4.78, 5) is 0. The van der Waals surface area contributed by atoms with Gasteiger partial charge in [-0.05, 0) is 63.4 Å². The molecule has 1 fully saturated rings. The average Bonchev–Trinajstić information content (AvgIpc) is 2.40. The summed E-state index contributed by atoms with van der Waals surface area (Å²) in [6.45, 7) is 3.90. The van der Waals surface area contributed by atoms with E-state index in [4.69, 9.17) is 4.74 Å². The zero-order chi connectivity index (χ0) is 15.3. The minimum atomic E-state index is -4.32. The number of alkyl halides is 3. The van der Waals surface area contributed by atoms with Gasteiger partial charge in [-0.2, -0.15) is 13.2 Å². The molecule has 118 valence electrons. The summed E-state index contributed by atoms with van der Waals surface area (Å²) in [5.41, 5.74) is -0.941. The minimum Gasteiger partial charge on any atom is -0.487 e. The predicted octanol–water partition coefficient (Wildman–Crippen LogP) is 4.40. The molecule has 0 bridgehead atoms. The standard InChI is InChI=1S/C16H22F3NO/c1-2-10-20-11-9-15(7-4-8-15)21-14-6-3-5-13(12-14)16(17,18)19/h3,5-6,12,20H,2,4,7-11H2,1H3. The second-order valence-corrected chi connectivity index (χ2v) is 5.66. The molecule has 0 spiro atoms. The Bertz CT molecular complexity index is 455. The molecule has 0 amide bonds. The Balaban J connectivity index is 1.98. The molecule has 5 heteroatoms. The van der Waals surface area contributed by atoms with Gasteiger partial charge in [0.2, 0.25) is 0 Å². The Kier molecular flexibility index (Phi) is 5.14. The van der Waals surface area contributed by atoms with Crippen molar-refractivity contribution in [1.82, 2.24) is 5.32 Å². The molecule has 1 aliphatic rings. The Morgan fingerprint density at radius 3 is 2.57 bits per heavy atom. The van der Waals surface area contributed by atoms with Gasteiger partial charge in [0.25, 0.3) is 0 Å². The molecule has 1 aromatic rings. The van der Waals surface area contributed by atoms with Crippen LogP contribution in [0.15, 0.2) is 24.3 Å². The summed E-state index contributed by atoms with van der Waals surface area (Å²) in [7, 11) is 0. The van der Waals surface area contributed by atoms with Crippen LogP contribution in [0.1, 0.15) is 44.6 Å². The Morgan fingerprint density at radius 1 is 1.24 bits per heavy atom. The molecule has 0 heterocycles. The fraction of sp³-hybridized carbons (Fsp3) is 0.625. The zero-order valence-electron chi connectivity index (χ0n) is 12.3. The minimum absolute atomic E-state index is 0.287. The first-order chi connectivity index (χ1) is 9.95. The Morgan fingerprint density at radius 2 is 2.00 bits per heavy atom. The number of hydrogen-bond donors (Lipinski definition) is 1. The number of rotatable bonds is 7. The highest BCUT2D eigenvalue weighted by Crippen LogP contribution is 2.40. The second kappa shape index (κ2) is 6.69. The van der Waals surface area contributed by atoms with Crippen molar-refractivity contribution in [3.63, 3.8) is 0 Å². The number of ether oxygens (including phenoxy) is 1. The van der Waals surface area contributed by atoms with Crippen LogP contribution in [-0.2, 0) is 6.18 Å². The van der Waals surface area contributed by atoms with Gasteiger partial charge < -0.3 is 10.1 Å². The van der Waals surface area contributed by atoms with Gasteiger partial charge in [-0.15, -0.1) is 0 Å².